The van der Waals surface area contributed by atoms with E-state index in [0.29, 0.717) is 6.04 Å². The SMILES string of the molecule is COc1cccc(C(=O)N2CCC(N3CCN(C)CC3)CC2)c1.O=C(O)C(=O)O. The first-order valence-corrected chi connectivity index (χ1v) is 9.64. The molecule has 0 saturated carbocycles. The molecule has 0 aromatic heterocycles. The van der Waals surface area contributed by atoms with Crippen LogP contribution in [0.2, 0.25) is 0 Å². The first-order chi connectivity index (χ1) is 13.8. The van der Waals surface area contributed by atoms with Gasteiger partial charge in [0.2, 0.25) is 0 Å². The minimum atomic E-state index is -1.82. The van der Waals surface area contributed by atoms with Gasteiger partial charge < -0.3 is 24.7 Å². The number of amides is 1. The van der Waals surface area contributed by atoms with Crippen molar-refractivity contribution < 1.29 is 29.3 Å². The average Bonchev–Trinajstić information content (AvgIpc) is 2.74. The number of hydrogen-bond acceptors (Lipinski definition) is 6. The summed E-state index contributed by atoms with van der Waals surface area (Å²) in [6, 6.07) is 8.09. The van der Waals surface area contributed by atoms with Crippen LogP contribution in [0.15, 0.2) is 24.3 Å². The van der Waals surface area contributed by atoms with Crippen molar-refractivity contribution >= 4 is 17.8 Å². The highest BCUT2D eigenvalue weighted by atomic mass is 16.5. The van der Waals surface area contributed by atoms with Crippen molar-refractivity contribution in [2.75, 3.05) is 53.4 Å². The van der Waals surface area contributed by atoms with Crippen molar-refractivity contribution in [3.05, 3.63) is 29.8 Å². The monoisotopic (exact) mass is 407 g/mol. The molecule has 2 N–H and O–H groups in total. The molecule has 0 bridgehead atoms. The number of likely N-dealkylation sites (tertiary alicyclic amines) is 1. The number of benzene rings is 1. The van der Waals surface area contributed by atoms with E-state index < -0.39 is 11.9 Å². The molecule has 0 aliphatic carbocycles. The number of carbonyl (C=O) groups is 3. The second-order valence-electron chi connectivity index (χ2n) is 7.20. The number of aliphatic carboxylic acids is 2. The van der Waals surface area contributed by atoms with E-state index in [-0.39, 0.29) is 5.91 Å². The highest BCUT2D eigenvalue weighted by Crippen LogP contribution is 2.21. The third-order valence-electron chi connectivity index (χ3n) is 5.31. The summed E-state index contributed by atoms with van der Waals surface area (Å²) in [6.45, 7) is 6.34. The van der Waals surface area contributed by atoms with Gasteiger partial charge in [0.25, 0.3) is 5.91 Å². The van der Waals surface area contributed by atoms with E-state index in [2.05, 4.69) is 16.8 Å². The van der Waals surface area contributed by atoms with Crippen molar-refractivity contribution in [3.8, 4) is 5.75 Å². The lowest BCUT2D eigenvalue weighted by atomic mass is 10.0. The Labute approximate surface area is 170 Å². The van der Waals surface area contributed by atoms with Crippen molar-refractivity contribution in [2.45, 2.75) is 18.9 Å². The van der Waals surface area contributed by atoms with E-state index >= 15 is 0 Å². The van der Waals surface area contributed by atoms with Gasteiger partial charge in [-0.25, -0.2) is 9.59 Å². The Hall–Kier alpha value is -2.65. The van der Waals surface area contributed by atoms with Crippen LogP contribution < -0.4 is 4.74 Å². The van der Waals surface area contributed by atoms with Gasteiger partial charge in [0.05, 0.1) is 7.11 Å². The Morgan fingerprint density at radius 1 is 0.966 bits per heavy atom. The number of carbonyl (C=O) groups excluding carboxylic acids is 1. The maximum Gasteiger partial charge on any atom is 0.414 e. The van der Waals surface area contributed by atoms with E-state index in [9.17, 15) is 4.79 Å². The number of piperidine rings is 1. The summed E-state index contributed by atoms with van der Waals surface area (Å²) in [6.07, 6.45) is 2.17. The van der Waals surface area contributed by atoms with Gasteiger partial charge in [0, 0.05) is 50.9 Å². The fourth-order valence-electron chi connectivity index (χ4n) is 3.56. The number of hydrogen-bond donors (Lipinski definition) is 2. The average molecular weight is 407 g/mol. The van der Waals surface area contributed by atoms with Crippen LogP contribution in [0.3, 0.4) is 0 Å². The van der Waals surface area contributed by atoms with Gasteiger partial charge in [-0.3, -0.25) is 9.69 Å². The molecule has 2 saturated heterocycles. The Kier molecular flexibility index (Phi) is 8.41. The van der Waals surface area contributed by atoms with Gasteiger partial charge in [-0.2, -0.15) is 0 Å². The summed E-state index contributed by atoms with van der Waals surface area (Å²) in [7, 11) is 3.82. The summed E-state index contributed by atoms with van der Waals surface area (Å²) in [4.78, 5) is 37.8. The molecule has 29 heavy (non-hydrogen) atoms. The molecule has 1 aromatic rings. The molecule has 0 radical (unpaired) electrons. The molecule has 9 heteroatoms. The second-order valence-corrected chi connectivity index (χ2v) is 7.20. The Morgan fingerprint density at radius 3 is 2.07 bits per heavy atom. The molecule has 2 heterocycles. The molecule has 1 aromatic carbocycles. The molecule has 2 aliphatic rings. The molecule has 0 unspecified atom stereocenters. The fraction of sp³-hybridized carbons (Fsp3) is 0.550. The minimum absolute atomic E-state index is 0.126. The second kappa shape index (κ2) is 10.8. The molecule has 2 fully saturated rings. The van der Waals surface area contributed by atoms with E-state index in [1.165, 1.54) is 0 Å². The zero-order valence-corrected chi connectivity index (χ0v) is 16.9. The third-order valence-corrected chi connectivity index (χ3v) is 5.31. The van der Waals surface area contributed by atoms with Crippen LogP contribution in [-0.4, -0.2) is 102 Å². The van der Waals surface area contributed by atoms with E-state index in [1.54, 1.807) is 7.11 Å². The lowest BCUT2D eigenvalue weighted by molar-refractivity contribution is -0.159. The number of likely N-dealkylation sites (N-methyl/N-ethyl adjacent to an activating group) is 1. The third kappa shape index (κ3) is 6.72. The van der Waals surface area contributed by atoms with Crippen LogP contribution in [-0.2, 0) is 9.59 Å². The highest BCUT2D eigenvalue weighted by molar-refractivity contribution is 6.27. The smallest absolute Gasteiger partial charge is 0.414 e. The van der Waals surface area contributed by atoms with Crippen molar-refractivity contribution in [3.63, 3.8) is 0 Å². The molecule has 9 nitrogen and oxygen atoms in total. The van der Waals surface area contributed by atoms with Gasteiger partial charge in [-0.05, 0) is 38.1 Å². The zero-order valence-electron chi connectivity index (χ0n) is 16.9. The number of ether oxygens (including phenoxy) is 1. The molecule has 0 spiro atoms. The van der Waals surface area contributed by atoms with Crippen LogP contribution in [0.1, 0.15) is 23.2 Å². The van der Waals surface area contributed by atoms with Gasteiger partial charge in [-0.15, -0.1) is 0 Å². The molecule has 2 aliphatic heterocycles. The van der Waals surface area contributed by atoms with Crippen LogP contribution in [0.5, 0.6) is 5.75 Å². The number of rotatable bonds is 3. The lowest BCUT2D eigenvalue weighted by Gasteiger charge is -2.42. The lowest BCUT2D eigenvalue weighted by Crippen LogP contribution is -2.52. The Morgan fingerprint density at radius 2 is 1.55 bits per heavy atom. The molecule has 160 valence electrons. The minimum Gasteiger partial charge on any atom is -0.497 e. The predicted molar refractivity (Wildman–Crippen MR) is 106 cm³/mol. The van der Waals surface area contributed by atoms with Gasteiger partial charge in [-0.1, -0.05) is 6.07 Å². The number of nitrogens with zero attached hydrogens (tertiary/aromatic N) is 3. The molecule has 1 amide bonds. The number of carboxylic acid groups (broad SMARTS) is 2. The maximum atomic E-state index is 12.6. The number of methoxy groups -OCH3 is 1. The summed E-state index contributed by atoms with van der Waals surface area (Å²) < 4.78 is 5.22. The fourth-order valence-corrected chi connectivity index (χ4v) is 3.56. The summed E-state index contributed by atoms with van der Waals surface area (Å²) in [5.74, 6) is -2.78. The van der Waals surface area contributed by atoms with Crippen LogP contribution in [0.25, 0.3) is 0 Å². The largest absolute Gasteiger partial charge is 0.497 e. The van der Waals surface area contributed by atoms with Crippen LogP contribution >= 0.6 is 0 Å². The van der Waals surface area contributed by atoms with Crippen LogP contribution in [0.4, 0.5) is 0 Å². The highest BCUT2D eigenvalue weighted by Gasteiger charge is 2.28. The topological polar surface area (TPSA) is 111 Å². The first-order valence-electron chi connectivity index (χ1n) is 9.64. The maximum absolute atomic E-state index is 12.6. The van der Waals surface area contributed by atoms with Gasteiger partial charge in [0.15, 0.2) is 0 Å². The van der Waals surface area contributed by atoms with Gasteiger partial charge >= 0.3 is 11.9 Å². The first kappa shape index (κ1) is 22.6. The normalized spacial score (nSPS) is 18.5. The van der Waals surface area contributed by atoms with Crippen LogP contribution in [0, 0.1) is 0 Å². The Balaban J connectivity index is 0.000000438. The van der Waals surface area contributed by atoms with Crippen molar-refractivity contribution in [1.82, 2.24) is 14.7 Å². The quantitative estimate of drug-likeness (QED) is 0.705. The standard InChI is InChI=1S/C18H27N3O2.C2H2O4/c1-19-10-12-20(13-11-19)16-6-8-21(9-7-16)18(22)15-4-3-5-17(14-15)23-2;3-1(4)2(5)6/h3-5,14,16H,6-13H2,1-2H3;(H,3,4)(H,5,6). The zero-order chi connectivity index (χ0) is 21.4. The van der Waals surface area contributed by atoms with E-state index in [1.807, 2.05) is 29.2 Å². The van der Waals surface area contributed by atoms with E-state index in [0.717, 1.165) is 63.4 Å². The van der Waals surface area contributed by atoms with Crippen molar-refractivity contribution in [1.29, 1.82) is 0 Å². The summed E-state index contributed by atoms with van der Waals surface area (Å²) in [5, 5.41) is 14.8. The number of piperazine rings is 1. The molecular weight excluding hydrogens is 378 g/mol. The Bertz CT molecular complexity index is 698. The molecule has 0 atom stereocenters. The number of carboxylic acids is 2. The van der Waals surface area contributed by atoms with Gasteiger partial charge in [0.1, 0.15) is 5.75 Å². The summed E-state index contributed by atoms with van der Waals surface area (Å²) in [5.41, 5.74) is 0.724. The van der Waals surface area contributed by atoms with E-state index in [4.69, 9.17) is 24.5 Å². The summed E-state index contributed by atoms with van der Waals surface area (Å²) >= 11 is 0. The molecular formula is C20H29N3O6. The predicted octanol–water partition coefficient (Wildman–Crippen LogP) is 0.703. The molecule has 3 rings (SSSR count). The van der Waals surface area contributed by atoms with Crippen molar-refractivity contribution in [2.24, 2.45) is 0 Å².